The molecule has 4 heteroatoms. The lowest BCUT2D eigenvalue weighted by Crippen LogP contribution is -2.44. The maximum Gasteiger partial charge on any atom is 0.102 e. The van der Waals surface area contributed by atoms with Gasteiger partial charge in [-0.1, -0.05) is 0 Å². The molecule has 0 bridgehead atoms. The molecule has 0 radical (unpaired) electrons. The maximum absolute atomic E-state index is 8.94. The van der Waals surface area contributed by atoms with Gasteiger partial charge in [0.25, 0.3) is 0 Å². The molecule has 0 saturated carbocycles. The normalized spacial score (nSPS) is 26.8. The highest BCUT2D eigenvalue weighted by Gasteiger charge is 2.26. The van der Waals surface area contributed by atoms with Crippen molar-refractivity contribution in [2.45, 2.75) is 38.3 Å². The number of nitriles is 1. The zero-order valence-corrected chi connectivity index (χ0v) is 11.6. The number of rotatable bonds is 5. The quantitative estimate of drug-likeness (QED) is 0.773. The molecule has 1 rings (SSSR count). The standard InChI is InChI=1S/C13H26N4/c1-11(7-13(2,15)10-14)17(4)9-12-5-6-16(3)8-12/h11-12H,5-9,15H2,1-4H3. The SMILES string of the molecule is CC(CC(C)(N)C#N)N(C)CC1CCN(C)C1. The first kappa shape index (κ1) is 14.4. The van der Waals surface area contributed by atoms with Gasteiger partial charge < -0.3 is 15.5 Å². The molecule has 0 aromatic carbocycles. The van der Waals surface area contributed by atoms with Gasteiger partial charge in [0.1, 0.15) is 5.54 Å². The molecule has 98 valence electrons. The zero-order valence-electron chi connectivity index (χ0n) is 11.6. The van der Waals surface area contributed by atoms with Gasteiger partial charge in [-0.05, 0) is 53.2 Å². The van der Waals surface area contributed by atoms with Crippen molar-refractivity contribution >= 4 is 0 Å². The van der Waals surface area contributed by atoms with Gasteiger partial charge in [0.2, 0.25) is 0 Å². The summed E-state index contributed by atoms with van der Waals surface area (Å²) in [5, 5.41) is 8.94. The molecule has 1 aliphatic heterocycles. The first-order valence-electron chi connectivity index (χ1n) is 6.43. The fourth-order valence-electron chi connectivity index (χ4n) is 2.58. The topological polar surface area (TPSA) is 56.3 Å². The number of hydrogen-bond donors (Lipinski definition) is 1. The van der Waals surface area contributed by atoms with Crippen molar-refractivity contribution in [2.24, 2.45) is 11.7 Å². The van der Waals surface area contributed by atoms with E-state index in [4.69, 9.17) is 11.0 Å². The molecule has 2 N–H and O–H groups in total. The Kier molecular flexibility index (Phi) is 4.93. The molecule has 0 aromatic rings. The average Bonchev–Trinajstić information content (AvgIpc) is 2.63. The van der Waals surface area contributed by atoms with Crippen LogP contribution in [0.2, 0.25) is 0 Å². The van der Waals surface area contributed by atoms with E-state index in [1.54, 1.807) is 6.92 Å². The predicted octanol–water partition coefficient (Wildman–Crippen LogP) is 0.889. The summed E-state index contributed by atoms with van der Waals surface area (Å²) in [6.07, 6.45) is 2.01. The summed E-state index contributed by atoms with van der Waals surface area (Å²) in [5.74, 6) is 0.763. The van der Waals surface area contributed by atoms with E-state index in [1.165, 1.54) is 19.5 Å². The molecule has 1 aliphatic rings. The lowest BCUT2D eigenvalue weighted by atomic mass is 9.95. The summed E-state index contributed by atoms with van der Waals surface area (Å²) in [7, 11) is 4.31. The Morgan fingerprint density at radius 1 is 1.65 bits per heavy atom. The van der Waals surface area contributed by atoms with Crippen molar-refractivity contribution in [3.63, 3.8) is 0 Å². The molecule has 3 unspecified atom stereocenters. The minimum absolute atomic E-state index is 0.357. The number of likely N-dealkylation sites (tertiary alicyclic amines) is 1. The van der Waals surface area contributed by atoms with E-state index in [1.807, 2.05) is 0 Å². The van der Waals surface area contributed by atoms with E-state index in [2.05, 4.69) is 36.9 Å². The highest BCUT2D eigenvalue weighted by molar-refractivity contribution is 5.02. The molecule has 1 heterocycles. The third-order valence-corrected chi connectivity index (χ3v) is 3.76. The van der Waals surface area contributed by atoms with Crippen molar-refractivity contribution in [3.05, 3.63) is 0 Å². The lowest BCUT2D eigenvalue weighted by Gasteiger charge is -2.30. The second-order valence-corrected chi connectivity index (χ2v) is 5.94. The molecule has 0 spiro atoms. The third-order valence-electron chi connectivity index (χ3n) is 3.76. The molecule has 1 fully saturated rings. The number of nitrogens with zero attached hydrogens (tertiary/aromatic N) is 3. The van der Waals surface area contributed by atoms with Crippen LogP contribution in [0.3, 0.4) is 0 Å². The van der Waals surface area contributed by atoms with Crippen LogP contribution in [0.1, 0.15) is 26.7 Å². The molecule has 1 saturated heterocycles. The fraction of sp³-hybridized carbons (Fsp3) is 0.923. The summed E-state index contributed by atoms with van der Waals surface area (Å²) in [6.45, 7) is 7.46. The first-order valence-corrected chi connectivity index (χ1v) is 6.43. The van der Waals surface area contributed by atoms with Crippen LogP contribution in [-0.4, -0.2) is 55.1 Å². The van der Waals surface area contributed by atoms with Gasteiger partial charge in [-0.15, -0.1) is 0 Å². The van der Waals surface area contributed by atoms with Gasteiger partial charge in [0.15, 0.2) is 0 Å². The third kappa shape index (κ3) is 4.63. The lowest BCUT2D eigenvalue weighted by molar-refractivity contribution is 0.195. The molecule has 3 atom stereocenters. The second kappa shape index (κ2) is 5.81. The molecular formula is C13H26N4. The predicted molar refractivity (Wildman–Crippen MR) is 70.5 cm³/mol. The van der Waals surface area contributed by atoms with Crippen LogP contribution in [0.5, 0.6) is 0 Å². The Labute approximate surface area is 105 Å². The average molecular weight is 238 g/mol. The Balaban J connectivity index is 2.37. The summed E-state index contributed by atoms with van der Waals surface area (Å²) in [6, 6.07) is 2.53. The van der Waals surface area contributed by atoms with Gasteiger partial charge >= 0.3 is 0 Å². The smallest absolute Gasteiger partial charge is 0.102 e. The Hall–Kier alpha value is -0.630. The molecule has 0 aliphatic carbocycles. The van der Waals surface area contributed by atoms with Gasteiger partial charge in [0, 0.05) is 19.1 Å². The van der Waals surface area contributed by atoms with E-state index >= 15 is 0 Å². The van der Waals surface area contributed by atoms with Crippen LogP contribution in [0.25, 0.3) is 0 Å². The van der Waals surface area contributed by atoms with E-state index < -0.39 is 5.54 Å². The second-order valence-electron chi connectivity index (χ2n) is 5.94. The van der Waals surface area contributed by atoms with Crippen LogP contribution >= 0.6 is 0 Å². The molecule has 4 nitrogen and oxygen atoms in total. The van der Waals surface area contributed by atoms with Crippen molar-refractivity contribution < 1.29 is 0 Å². The van der Waals surface area contributed by atoms with Crippen LogP contribution in [0, 0.1) is 17.2 Å². The minimum Gasteiger partial charge on any atom is -0.314 e. The van der Waals surface area contributed by atoms with Crippen molar-refractivity contribution in [3.8, 4) is 6.07 Å². The Bertz CT molecular complexity index is 282. The maximum atomic E-state index is 8.94. The Morgan fingerprint density at radius 3 is 2.76 bits per heavy atom. The molecular weight excluding hydrogens is 212 g/mol. The van der Waals surface area contributed by atoms with Crippen molar-refractivity contribution in [1.82, 2.24) is 9.80 Å². The van der Waals surface area contributed by atoms with Crippen LogP contribution in [0.4, 0.5) is 0 Å². The number of hydrogen-bond acceptors (Lipinski definition) is 4. The number of nitrogens with two attached hydrogens (primary N) is 1. The van der Waals surface area contributed by atoms with Crippen LogP contribution in [0.15, 0.2) is 0 Å². The van der Waals surface area contributed by atoms with E-state index in [-0.39, 0.29) is 0 Å². The Morgan fingerprint density at radius 2 is 2.29 bits per heavy atom. The van der Waals surface area contributed by atoms with E-state index in [0.29, 0.717) is 6.04 Å². The van der Waals surface area contributed by atoms with Gasteiger partial charge in [-0.25, -0.2) is 0 Å². The van der Waals surface area contributed by atoms with Crippen molar-refractivity contribution in [1.29, 1.82) is 5.26 Å². The summed E-state index contributed by atoms with van der Waals surface area (Å²) in [5.41, 5.74) is 5.18. The monoisotopic (exact) mass is 238 g/mol. The van der Waals surface area contributed by atoms with Crippen molar-refractivity contribution in [2.75, 3.05) is 33.7 Å². The minimum atomic E-state index is -0.708. The van der Waals surface area contributed by atoms with E-state index in [0.717, 1.165) is 18.9 Å². The van der Waals surface area contributed by atoms with E-state index in [9.17, 15) is 0 Å². The summed E-state index contributed by atoms with van der Waals surface area (Å²) < 4.78 is 0. The summed E-state index contributed by atoms with van der Waals surface area (Å²) in [4.78, 5) is 4.72. The largest absolute Gasteiger partial charge is 0.314 e. The summed E-state index contributed by atoms with van der Waals surface area (Å²) >= 11 is 0. The molecule has 0 amide bonds. The first-order chi connectivity index (χ1) is 7.84. The van der Waals surface area contributed by atoms with Gasteiger partial charge in [0.05, 0.1) is 6.07 Å². The van der Waals surface area contributed by atoms with Crippen LogP contribution in [-0.2, 0) is 0 Å². The fourth-order valence-corrected chi connectivity index (χ4v) is 2.58. The van der Waals surface area contributed by atoms with Crippen LogP contribution < -0.4 is 5.73 Å². The molecule has 17 heavy (non-hydrogen) atoms. The van der Waals surface area contributed by atoms with Gasteiger partial charge in [-0.3, -0.25) is 0 Å². The van der Waals surface area contributed by atoms with Gasteiger partial charge in [-0.2, -0.15) is 5.26 Å². The molecule has 0 aromatic heterocycles. The highest BCUT2D eigenvalue weighted by atomic mass is 15.2. The highest BCUT2D eigenvalue weighted by Crippen LogP contribution is 2.18. The zero-order chi connectivity index (χ0) is 13.1.